The predicted molar refractivity (Wildman–Crippen MR) is 240 cm³/mol. The number of ether oxygens (including phenoxy) is 2. The van der Waals surface area contributed by atoms with Crippen molar-refractivity contribution in [2.75, 3.05) is 43.0 Å². The number of benzene rings is 1. The highest BCUT2D eigenvalue weighted by atomic mass is 19.3. The molecular weight excluding hydrogens is 838 g/mol. The number of aryl methyl sites for hydroxylation is 1. The minimum absolute atomic E-state index is 0.0121. The number of carbonyl (C=O) groups excluding carboxylic acids is 3. The average molecular weight is 890 g/mol. The Kier molecular flexibility index (Phi) is 11.4. The Labute approximate surface area is 375 Å². The second kappa shape index (κ2) is 17.2. The molecule has 65 heavy (non-hydrogen) atoms. The van der Waals surface area contributed by atoms with E-state index >= 15 is 0 Å². The van der Waals surface area contributed by atoms with Crippen molar-refractivity contribution in [3.8, 4) is 11.8 Å². The molecule has 338 valence electrons. The van der Waals surface area contributed by atoms with Gasteiger partial charge in [0.2, 0.25) is 11.8 Å². The van der Waals surface area contributed by atoms with Gasteiger partial charge in [0.25, 0.3) is 12.3 Å². The SMILES string of the molecule is BC(B)(C#Cc1cccc2c1n(C)c(=O)n2C1CCC(=O)NC1=O)OC1CCN(C[C@H]2CC[C@H](n3cc(NC(=O)c4cnn5ccc(N6C[C@H]7C[C@@H]6CO7)nc45)c(C(F)F)n3)CC2)CC1. The molecule has 8 heterocycles. The van der Waals surface area contributed by atoms with Crippen LogP contribution >= 0.6 is 0 Å². The second-order valence-electron chi connectivity index (χ2n) is 18.7. The van der Waals surface area contributed by atoms with Gasteiger partial charge in [0.15, 0.2) is 11.3 Å². The van der Waals surface area contributed by atoms with Gasteiger partial charge in [-0.25, -0.2) is 23.1 Å². The van der Waals surface area contributed by atoms with Gasteiger partial charge in [-0.2, -0.15) is 10.2 Å². The van der Waals surface area contributed by atoms with Gasteiger partial charge in [-0.3, -0.25) is 33.5 Å². The number of piperidine rings is 2. The van der Waals surface area contributed by atoms with Crippen LogP contribution in [0.5, 0.6) is 0 Å². The highest BCUT2D eigenvalue weighted by Gasteiger charge is 2.40. The molecule has 4 saturated heterocycles. The number of hydrogen-bond donors (Lipinski definition) is 2. The molecule has 2 N–H and O–H groups in total. The fourth-order valence-electron chi connectivity index (χ4n) is 10.5. The molecule has 5 aliphatic rings. The summed E-state index contributed by atoms with van der Waals surface area (Å²) in [6.45, 7) is 4.11. The Hall–Kier alpha value is -5.84. The van der Waals surface area contributed by atoms with E-state index in [1.54, 1.807) is 24.0 Å². The van der Waals surface area contributed by atoms with Crippen molar-refractivity contribution in [3.05, 3.63) is 70.2 Å². The van der Waals surface area contributed by atoms with Crippen LogP contribution in [-0.2, 0) is 26.1 Å². The average Bonchev–Trinajstić information content (AvgIpc) is 4.14. The summed E-state index contributed by atoms with van der Waals surface area (Å²) in [5.74, 6) is 6.35. The first kappa shape index (κ1) is 43.1. The molecule has 1 saturated carbocycles. The molecule has 21 heteroatoms. The summed E-state index contributed by atoms with van der Waals surface area (Å²) in [5, 5.41) is 12.9. The number of carbonyl (C=O) groups is 3. The number of hydrogen-bond acceptors (Lipinski definition) is 11. The lowest BCUT2D eigenvalue weighted by Gasteiger charge is -2.38. The van der Waals surface area contributed by atoms with Crippen LogP contribution in [0.3, 0.4) is 0 Å². The number of nitrogens with zero attached hydrogens (tertiary/aromatic N) is 9. The highest BCUT2D eigenvalue weighted by molar-refractivity contribution is 6.41. The lowest BCUT2D eigenvalue weighted by molar-refractivity contribution is -0.135. The molecule has 5 fully saturated rings. The summed E-state index contributed by atoms with van der Waals surface area (Å²) in [6.07, 6.45) is 8.58. The fourth-order valence-corrected chi connectivity index (χ4v) is 10.5. The van der Waals surface area contributed by atoms with E-state index in [1.165, 1.54) is 26.0 Å². The van der Waals surface area contributed by atoms with Crippen LogP contribution in [0.4, 0.5) is 20.3 Å². The molecule has 1 unspecified atom stereocenters. The number of aromatic nitrogens is 7. The molecule has 17 nitrogen and oxygen atoms in total. The Bertz CT molecular complexity index is 2800. The summed E-state index contributed by atoms with van der Waals surface area (Å²) in [5.41, 5.74) is 1.59. The maximum absolute atomic E-state index is 14.3. The number of amides is 3. The van der Waals surface area contributed by atoms with Crippen LogP contribution < -0.4 is 21.2 Å². The van der Waals surface area contributed by atoms with Gasteiger partial charge < -0.3 is 24.6 Å². The van der Waals surface area contributed by atoms with E-state index in [2.05, 4.69) is 42.5 Å². The summed E-state index contributed by atoms with van der Waals surface area (Å²) in [4.78, 5) is 60.8. The monoisotopic (exact) mass is 889 g/mol. The molecule has 2 bridgehead atoms. The number of rotatable bonds is 10. The summed E-state index contributed by atoms with van der Waals surface area (Å²) in [6, 6.07) is 6.73. The molecule has 5 aromatic rings. The summed E-state index contributed by atoms with van der Waals surface area (Å²) >= 11 is 0. The molecule has 0 spiro atoms. The number of para-hydroxylation sites is 1. The van der Waals surface area contributed by atoms with E-state index in [0.29, 0.717) is 34.8 Å². The number of alkyl halides is 2. The van der Waals surface area contributed by atoms with Crippen molar-refractivity contribution in [1.82, 2.24) is 43.7 Å². The lowest BCUT2D eigenvalue weighted by Crippen LogP contribution is -2.44. The standard InChI is InChI=1S/C44H51B2F2N11O6/c1-54-38-26(3-2-4-33(38)59(43(54)63)34-9-10-36(60)52-42(34)62)11-15-44(45,46)65-29-12-16-55(17-13-29)21-25-5-7-27(8-6-25)58-23-32(37(53-58)39(47)48)50-41(61)31-20-49-57-18-14-35(51-40(31)57)56-22-30-19-28(56)24-64-30/h2-4,14,18,20,23,25,27-30,34,39H,5-10,12-13,16-17,19,21-22,24,45-46H2,1H3,(H,50,61)(H,52,60,62)/t25-,27-,28-,30-,34?/m1/s1. The van der Waals surface area contributed by atoms with Gasteiger partial charge in [-0.05, 0) is 75.5 Å². The Morgan fingerprint density at radius 1 is 1.08 bits per heavy atom. The van der Waals surface area contributed by atoms with Gasteiger partial charge in [0.05, 0.1) is 64.8 Å². The number of anilines is 2. The zero-order chi connectivity index (χ0) is 45.1. The summed E-state index contributed by atoms with van der Waals surface area (Å²) in [7, 11) is 5.55. The second-order valence-corrected chi connectivity index (χ2v) is 18.7. The number of nitrogens with one attached hydrogen (secondary N) is 2. The van der Waals surface area contributed by atoms with Gasteiger partial charge in [-0.15, -0.1) is 0 Å². The van der Waals surface area contributed by atoms with E-state index < -0.39 is 35.4 Å². The molecule has 0 radical (unpaired) electrons. The zero-order valence-electron chi connectivity index (χ0n) is 36.7. The normalized spacial score (nSPS) is 24.2. The molecule has 10 rings (SSSR count). The lowest BCUT2D eigenvalue weighted by atomic mass is 9.65. The van der Waals surface area contributed by atoms with Crippen LogP contribution in [0.15, 0.2) is 47.7 Å². The van der Waals surface area contributed by atoms with Gasteiger partial charge in [0, 0.05) is 52.0 Å². The number of halogens is 2. The van der Waals surface area contributed by atoms with Gasteiger partial charge >= 0.3 is 5.69 Å². The minimum atomic E-state index is -2.87. The highest BCUT2D eigenvalue weighted by Crippen LogP contribution is 2.37. The van der Waals surface area contributed by atoms with E-state index in [4.69, 9.17) is 14.5 Å². The smallest absolute Gasteiger partial charge is 0.329 e. The van der Waals surface area contributed by atoms with Crippen molar-refractivity contribution in [3.63, 3.8) is 0 Å². The Balaban J connectivity index is 0.719. The molecule has 1 aromatic carbocycles. The Morgan fingerprint density at radius 2 is 1.88 bits per heavy atom. The number of morpholine rings is 1. The van der Waals surface area contributed by atoms with Crippen molar-refractivity contribution in [2.45, 2.75) is 99.9 Å². The topological polar surface area (TPSA) is 175 Å². The molecule has 1 aliphatic carbocycles. The van der Waals surface area contributed by atoms with Crippen LogP contribution in [0.2, 0.25) is 0 Å². The maximum atomic E-state index is 14.3. The number of fused-ring (bicyclic) bond motifs is 4. The third-order valence-corrected chi connectivity index (χ3v) is 13.8. The van der Waals surface area contributed by atoms with Gasteiger partial charge in [-0.1, -0.05) is 17.9 Å². The van der Waals surface area contributed by atoms with Crippen LogP contribution in [-0.4, -0.2) is 128 Å². The van der Waals surface area contributed by atoms with E-state index in [9.17, 15) is 28.0 Å². The summed E-state index contributed by atoms with van der Waals surface area (Å²) < 4.78 is 47.0. The van der Waals surface area contributed by atoms with E-state index in [-0.39, 0.29) is 60.0 Å². The predicted octanol–water partition coefficient (Wildman–Crippen LogP) is 1.91. The molecule has 3 atom stereocenters. The number of imidazole rings is 1. The third kappa shape index (κ3) is 8.47. The van der Waals surface area contributed by atoms with Crippen molar-refractivity contribution in [2.24, 2.45) is 13.0 Å². The van der Waals surface area contributed by atoms with E-state index in [1.807, 2.05) is 33.9 Å². The largest absolute Gasteiger partial charge is 0.378 e. The Morgan fingerprint density at radius 3 is 2.60 bits per heavy atom. The third-order valence-electron chi connectivity index (χ3n) is 13.8. The van der Waals surface area contributed by atoms with Crippen molar-refractivity contribution < 1.29 is 32.6 Å². The molecule has 3 amide bonds. The number of imide groups is 1. The van der Waals surface area contributed by atoms with Gasteiger partial charge in [0.1, 0.15) is 33.1 Å². The van der Waals surface area contributed by atoms with Crippen LogP contribution in [0, 0.1) is 17.8 Å². The maximum Gasteiger partial charge on any atom is 0.329 e. The molecular formula is C44H51B2F2N11O6. The quantitative estimate of drug-likeness (QED) is 0.119. The fraction of sp³-hybridized carbons (Fsp3) is 0.523. The van der Waals surface area contributed by atoms with Crippen LogP contribution in [0.1, 0.15) is 97.9 Å². The van der Waals surface area contributed by atoms with E-state index in [0.717, 1.165) is 76.9 Å². The van der Waals surface area contributed by atoms with Crippen LogP contribution in [0.25, 0.3) is 16.7 Å². The molecule has 4 aliphatic heterocycles. The zero-order valence-corrected chi connectivity index (χ0v) is 36.7. The van der Waals surface area contributed by atoms with Crippen molar-refractivity contribution in [1.29, 1.82) is 0 Å². The first-order valence-electron chi connectivity index (χ1n) is 22.7. The van der Waals surface area contributed by atoms with Crippen molar-refractivity contribution >= 4 is 61.6 Å². The first-order chi connectivity index (χ1) is 31.3. The first-order valence-corrected chi connectivity index (χ1v) is 22.7. The number of likely N-dealkylation sites (tertiary alicyclic amines) is 1. The molecule has 4 aromatic heterocycles. The minimum Gasteiger partial charge on any atom is -0.378 e.